The van der Waals surface area contributed by atoms with Crippen molar-refractivity contribution in [3.05, 3.63) is 11.9 Å². The van der Waals surface area contributed by atoms with Crippen LogP contribution in [0.1, 0.15) is 38.7 Å². The molecule has 0 aliphatic rings. The number of hydrogen-bond donors (Lipinski definition) is 1. The molecule has 16 heavy (non-hydrogen) atoms. The molecule has 0 fully saturated rings. The summed E-state index contributed by atoms with van der Waals surface area (Å²) in [6, 6.07) is 0. The van der Waals surface area contributed by atoms with Gasteiger partial charge in [-0.05, 0) is 12.3 Å². The molecule has 4 nitrogen and oxygen atoms in total. The smallest absolute Gasteiger partial charge is 0.137 e. The Morgan fingerprint density at radius 2 is 2.06 bits per heavy atom. The molecule has 0 bridgehead atoms. The fourth-order valence-corrected chi connectivity index (χ4v) is 1.86. The molecule has 1 heterocycles. The van der Waals surface area contributed by atoms with Gasteiger partial charge >= 0.3 is 0 Å². The Morgan fingerprint density at radius 1 is 1.38 bits per heavy atom. The Bertz CT molecular complexity index is 336. The highest BCUT2D eigenvalue weighted by atomic mass is 15.2. The van der Waals surface area contributed by atoms with E-state index in [1.165, 1.54) is 5.56 Å². The van der Waals surface area contributed by atoms with Crippen LogP contribution >= 0.6 is 0 Å². The Morgan fingerprint density at radius 3 is 2.56 bits per heavy atom. The predicted molar refractivity (Wildman–Crippen MR) is 69.2 cm³/mol. The average molecular weight is 222 g/mol. The van der Waals surface area contributed by atoms with Crippen molar-refractivity contribution in [3.63, 3.8) is 0 Å². The predicted octanol–water partition coefficient (Wildman–Crippen LogP) is 2.49. The van der Waals surface area contributed by atoms with Crippen LogP contribution < -0.4 is 10.2 Å². The third kappa shape index (κ3) is 2.62. The maximum Gasteiger partial charge on any atom is 0.137 e. The number of nitrogens with one attached hydrogen (secondary N) is 1. The van der Waals surface area contributed by atoms with E-state index in [-0.39, 0.29) is 0 Å². The summed E-state index contributed by atoms with van der Waals surface area (Å²) in [4.78, 5) is 10.9. The van der Waals surface area contributed by atoms with E-state index >= 15 is 0 Å². The average Bonchev–Trinajstić information content (AvgIpc) is 2.28. The summed E-state index contributed by atoms with van der Waals surface area (Å²) in [7, 11) is 3.98. The molecule has 4 heteroatoms. The van der Waals surface area contributed by atoms with E-state index in [1.54, 1.807) is 6.33 Å². The fourth-order valence-electron chi connectivity index (χ4n) is 1.86. The molecule has 90 valence electrons. The van der Waals surface area contributed by atoms with Crippen LogP contribution in [0, 0.1) is 0 Å². The van der Waals surface area contributed by atoms with Crippen molar-refractivity contribution in [2.75, 3.05) is 30.9 Å². The highest BCUT2D eigenvalue weighted by molar-refractivity contribution is 5.59. The van der Waals surface area contributed by atoms with Crippen molar-refractivity contribution < 1.29 is 0 Å². The van der Waals surface area contributed by atoms with Crippen molar-refractivity contribution in [1.29, 1.82) is 0 Å². The van der Waals surface area contributed by atoms with Crippen LogP contribution in [-0.4, -0.2) is 30.6 Å². The Hall–Kier alpha value is -1.32. The van der Waals surface area contributed by atoms with E-state index in [0.717, 1.165) is 24.6 Å². The van der Waals surface area contributed by atoms with E-state index in [2.05, 4.69) is 48.0 Å². The molecule has 1 N–H and O–H groups in total. The molecule has 0 saturated heterocycles. The monoisotopic (exact) mass is 222 g/mol. The van der Waals surface area contributed by atoms with Gasteiger partial charge in [-0.1, -0.05) is 20.8 Å². The summed E-state index contributed by atoms with van der Waals surface area (Å²) in [5, 5.41) is 3.14. The lowest BCUT2D eigenvalue weighted by atomic mass is 10.0. The van der Waals surface area contributed by atoms with Crippen LogP contribution in [0.3, 0.4) is 0 Å². The summed E-state index contributed by atoms with van der Waals surface area (Å²) >= 11 is 0. The molecule has 0 saturated carbocycles. The van der Waals surface area contributed by atoms with Gasteiger partial charge in [-0.25, -0.2) is 9.97 Å². The van der Waals surface area contributed by atoms with Crippen LogP contribution in [0.15, 0.2) is 6.33 Å². The third-order valence-electron chi connectivity index (χ3n) is 2.60. The van der Waals surface area contributed by atoms with E-state index in [9.17, 15) is 0 Å². The molecular weight excluding hydrogens is 200 g/mol. The van der Waals surface area contributed by atoms with Gasteiger partial charge in [-0.3, -0.25) is 0 Å². The molecule has 0 spiro atoms. The van der Waals surface area contributed by atoms with Gasteiger partial charge in [0.2, 0.25) is 0 Å². The number of aromatic nitrogens is 2. The lowest BCUT2D eigenvalue weighted by Gasteiger charge is -2.23. The first-order valence-corrected chi connectivity index (χ1v) is 5.85. The molecule has 0 aromatic carbocycles. The van der Waals surface area contributed by atoms with E-state index in [1.807, 2.05) is 7.05 Å². The quantitative estimate of drug-likeness (QED) is 0.831. The van der Waals surface area contributed by atoms with Crippen molar-refractivity contribution in [2.24, 2.45) is 0 Å². The lowest BCUT2D eigenvalue weighted by Crippen LogP contribution is -2.22. The number of nitrogens with zero attached hydrogens (tertiary/aromatic N) is 3. The molecule has 1 rings (SSSR count). The zero-order valence-corrected chi connectivity index (χ0v) is 10.9. The number of hydrogen-bond acceptors (Lipinski definition) is 4. The Kier molecular flexibility index (Phi) is 4.52. The largest absolute Gasteiger partial charge is 0.373 e. The molecule has 0 aliphatic carbocycles. The molecule has 0 unspecified atom stereocenters. The minimum absolute atomic E-state index is 0.415. The first-order chi connectivity index (χ1) is 7.61. The van der Waals surface area contributed by atoms with Gasteiger partial charge in [0.25, 0.3) is 0 Å². The summed E-state index contributed by atoms with van der Waals surface area (Å²) < 4.78 is 0. The van der Waals surface area contributed by atoms with Crippen molar-refractivity contribution in [3.8, 4) is 0 Å². The van der Waals surface area contributed by atoms with Crippen LogP contribution in [-0.2, 0) is 0 Å². The molecule has 0 radical (unpaired) electrons. The second kappa shape index (κ2) is 5.68. The van der Waals surface area contributed by atoms with Gasteiger partial charge in [0, 0.05) is 26.2 Å². The lowest BCUT2D eigenvalue weighted by molar-refractivity contribution is 0.792. The number of anilines is 2. The molecule has 0 amide bonds. The maximum absolute atomic E-state index is 4.40. The third-order valence-corrected chi connectivity index (χ3v) is 2.60. The standard InChI is InChI=1S/C12H22N4/c1-6-7-16(5)12-10(9(2)3)11(13-4)14-8-15-12/h8-9H,6-7H2,1-5H3,(H,13,14,15). The molecule has 1 aromatic rings. The van der Waals surface area contributed by atoms with Crippen LogP contribution in [0.5, 0.6) is 0 Å². The maximum atomic E-state index is 4.40. The summed E-state index contributed by atoms with van der Waals surface area (Å²) in [5.41, 5.74) is 1.20. The van der Waals surface area contributed by atoms with E-state index in [0.29, 0.717) is 5.92 Å². The molecule has 0 aliphatic heterocycles. The first kappa shape index (κ1) is 12.7. The van der Waals surface area contributed by atoms with Gasteiger partial charge in [0.05, 0.1) is 0 Å². The normalized spacial score (nSPS) is 10.6. The summed E-state index contributed by atoms with van der Waals surface area (Å²) in [6.07, 6.45) is 2.74. The van der Waals surface area contributed by atoms with Gasteiger partial charge in [0.15, 0.2) is 0 Å². The minimum atomic E-state index is 0.415. The second-order valence-corrected chi connectivity index (χ2v) is 4.29. The van der Waals surface area contributed by atoms with Crippen molar-refractivity contribution in [2.45, 2.75) is 33.1 Å². The van der Waals surface area contributed by atoms with E-state index in [4.69, 9.17) is 0 Å². The van der Waals surface area contributed by atoms with Gasteiger partial charge in [0.1, 0.15) is 18.0 Å². The van der Waals surface area contributed by atoms with Crippen LogP contribution in [0.2, 0.25) is 0 Å². The fraction of sp³-hybridized carbons (Fsp3) is 0.667. The Labute approximate surface area is 98.1 Å². The van der Waals surface area contributed by atoms with Crippen molar-refractivity contribution in [1.82, 2.24) is 9.97 Å². The number of rotatable bonds is 5. The summed E-state index contributed by atoms with van der Waals surface area (Å²) in [5.74, 6) is 2.39. The van der Waals surface area contributed by atoms with Crippen molar-refractivity contribution >= 4 is 11.6 Å². The molecular formula is C12H22N4. The summed E-state index contributed by atoms with van der Waals surface area (Å²) in [6.45, 7) is 7.53. The van der Waals surface area contributed by atoms with Crippen LogP contribution in [0.25, 0.3) is 0 Å². The Balaban J connectivity index is 3.16. The van der Waals surface area contributed by atoms with Crippen LogP contribution in [0.4, 0.5) is 11.6 Å². The molecule has 1 aromatic heterocycles. The highest BCUT2D eigenvalue weighted by Crippen LogP contribution is 2.29. The zero-order chi connectivity index (χ0) is 12.1. The first-order valence-electron chi connectivity index (χ1n) is 5.85. The van der Waals surface area contributed by atoms with Gasteiger partial charge in [-0.2, -0.15) is 0 Å². The van der Waals surface area contributed by atoms with E-state index < -0.39 is 0 Å². The van der Waals surface area contributed by atoms with Gasteiger partial charge in [-0.15, -0.1) is 0 Å². The molecule has 0 atom stereocenters. The zero-order valence-electron chi connectivity index (χ0n) is 10.9. The van der Waals surface area contributed by atoms with Gasteiger partial charge < -0.3 is 10.2 Å². The SMILES string of the molecule is CCCN(C)c1ncnc(NC)c1C(C)C. The second-order valence-electron chi connectivity index (χ2n) is 4.29. The highest BCUT2D eigenvalue weighted by Gasteiger charge is 2.16. The topological polar surface area (TPSA) is 41.1 Å². The minimum Gasteiger partial charge on any atom is -0.373 e.